The highest BCUT2D eigenvalue weighted by Crippen LogP contribution is 2.31. The fourth-order valence-electron chi connectivity index (χ4n) is 2.69. The van der Waals surface area contributed by atoms with Crippen molar-refractivity contribution < 1.29 is 22.8 Å². The van der Waals surface area contributed by atoms with Gasteiger partial charge in [0.15, 0.2) is 0 Å². The van der Waals surface area contributed by atoms with Crippen molar-refractivity contribution in [2.24, 2.45) is 0 Å². The van der Waals surface area contributed by atoms with E-state index in [-0.39, 0.29) is 36.9 Å². The Morgan fingerprint density at radius 3 is 2.56 bits per heavy atom. The zero-order chi connectivity index (χ0) is 17.9. The highest BCUT2D eigenvalue weighted by atomic mass is 35.5. The summed E-state index contributed by atoms with van der Waals surface area (Å²) in [4.78, 5) is 25.9. The zero-order valence-electron chi connectivity index (χ0n) is 13.9. The molecule has 1 aliphatic rings. The number of amides is 2. The largest absolute Gasteiger partial charge is 0.417 e. The number of hydrogen-bond donors (Lipinski definition) is 2. The number of piperazine rings is 1. The number of nitrogens with one attached hydrogen (secondary N) is 2. The quantitative estimate of drug-likeness (QED) is 0.845. The molecule has 1 aromatic carbocycles. The Morgan fingerprint density at radius 1 is 1.28 bits per heavy atom. The number of hydrogen-bond acceptors (Lipinski definition) is 3. The second-order valence-corrected chi connectivity index (χ2v) is 5.80. The molecule has 1 fully saturated rings. The summed E-state index contributed by atoms with van der Waals surface area (Å²) in [6, 6.07) is 4.57. The van der Waals surface area contributed by atoms with E-state index in [9.17, 15) is 22.8 Å². The van der Waals surface area contributed by atoms with Crippen molar-refractivity contribution in [1.82, 2.24) is 15.5 Å². The van der Waals surface area contributed by atoms with Gasteiger partial charge in [0.2, 0.25) is 5.91 Å². The Balaban J connectivity index is 0.00000312. The summed E-state index contributed by atoms with van der Waals surface area (Å²) >= 11 is 0. The molecule has 9 heteroatoms. The van der Waals surface area contributed by atoms with Gasteiger partial charge in [-0.05, 0) is 26.0 Å². The molecule has 0 bridgehead atoms. The van der Waals surface area contributed by atoms with E-state index in [4.69, 9.17) is 0 Å². The number of carbonyl (C=O) groups is 2. The highest BCUT2D eigenvalue weighted by molar-refractivity contribution is 5.97. The molecule has 0 spiro atoms. The Bertz CT molecular complexity index is 625. The van der Waals surface area contributed by atoms with Crippen LogP contribution in [0.2, 0.25) is 0 Å². The van der Waals surface area contributed by atoms with Crippen LogP contribution in [0.1, 0.15) is 29.8 Å². The van der Waals surface area contributed by atoms with Crippen LogP contribution in [0.5, 0.6) is 0 Å². The fraction of sp³-hybridized carbons (Fsp3) is 0.500. The van der Waals surface area contributed by atoms with Gasteiger partial charge in [-0.3, -0.25) is 9.59 Å². The van der Waals surface area contributed by atoms with Crippen LogP contribution in [0.3, 0.4) is 0 Å². The molecule has 1 saturated heterocycles. The molecule has 0 radical (unpaired) electrons. The molecule has 2 unspecified atom stereocenters. The number of nitrogens with zero attached hydrogens (tertiary/aromatic N) is 1. The van der Waals surface area contributed by atoms with Crippen molar-refractivity contribution in [3.63, 3.8) is 0 Å². The molecule has 2 rings (SSSR count). The van der Waals surface area contributed by atoms with Crippen LogP contribution in [-0.4, -0.2) is 48.4 Å². The maximum atomic E-state index is 12.9. The molecule has 1 aromatic rings. The average molecular weight is 380 g/mol. The lowest BCUT2D eigenvalue weighted by Crippen LogP contribution is -2.58. The van der Waals surface area contributed by atoms with E-state index in [2.05, 4.69) is 10.6 Å². The Morgan fingerprint density at radius 2 is 1.92 bits per heavy atom. The third kappa shape index (κ3) is 5.09. The maximum Gasteiger partial charge on any atom is 0.417 e. The van der Waals surface area contributed by atoms with Crippen LogP contribution in [-0.2, 0) is 11.0 Å². The summed E-state index contributed by atoms with van der Waals surface area (Å²) in [5, 5.41) is 5.52. The van der Waals surface area contributed by atoms with Crippen LogP contribution in [0.4, 0.5) is 13.2 Å². The van der Waals surface area contributed by atoms with E-state index < -0.39 is 23.2 Å². The Labute approximate surface area is 150 Å². The van der Waals surface area contributed by atoms with Crippen LogP contribution in [0.15, 0.2) is 24.3 Å². The highest BCUT2D eigenvalue weighted by Gasteiger charge is 2.35. The van der Waals surface area contributed by atoms with Gasteiger partial charge in [0, 0.05) is 25.2 Å². The SMILES string of the molecule is CC1NCCN(C(=O)CNC(=O)c2ccccc2C(F)(F)F)C1C.Cl. The number of halogens is 4. The Hall–Kier alpha value is -1.80. The summed E-state index contributed by atoms with van der Waals surface area (Å²) in [5.41, 5.74) is -1.50. The molecule has 0 saturated carbocycles. The first-order chi connectivity index (χ1) is 11.2. The monoisotopic (exact) mass is 379 g/mol. The van der Waals surface area contributed by atoms with E-state index in [0.717, 1.165) is 12.1 Å². The van der Waals surface area contributed by atoms with Crippen molar-refractivity contribution in [2.75, 3.05) is 19.6 Å². The van der Waals surface area contributed by atoms with E-state index in [0.29, 0.717) is 13.1 Å². The minimum atomic E-state index is -4.62. The molecule has 2 atom stereocenters. The zero-order valence-corrected chi connectivity index (χ0v) is 14.7. The summed E-state index contributed by atoms with van der Waals surface area (Å²) in [6.45, 7) is 4.64. The standard InChI is InChI=1S/C16H20F3N3O2.ClH/c1-10-11(2)22(8-7-20-10)14(23)9-21-15(24)12-5-3-4-6-13(12)16(17,18)19;/h3-6,10-11,20H,7-9H2,1-2H3,(H,21,24);1H. The maximum absolute atomic E-state index is 12.9. The van der Waals surface area contributed by atoms with Gasteiger partial charge < -0.3 is 15.5 Å². The Kier molecular flexibility index (Phi) is 7.25. The van der Waals surface area contributed by atoms with Gasteiger partial charge in [-0.15, -0.1) is 12.4 Å². The van der Waals surface area contributed by atoms with E-state index in [1.807, 2.05) is 13.8 Å². The van der Waals surface area contributed by atoms with E-state index in [1.54, 1.807) is 4.90 Å². The van der Waals surface area contributed by atoms with Gasteiger partial charge in [0.25, 0.3) is 5.91 Å². The van der Waals surface area contributed by atoms with Crippen LogP contribution < -0.4 is 10.6 Å². The molecule has 0 aromatic heterocycles. The van der Waals surface area contributed by atoms with Crippen LogP contribution >= 0.6 is 12.4 Å². The van der Waals surface area contributed by atoms with Gasteiger partial charge in [0.1, 0.15) is 0 Å². The second kappa shape index (κ2) is 8.53. The van der Waals surface area contributed by atoms with Gasteiger partial charge in [-0.1, -0.05) is 12.1 Å². The average Bonchev–Trinajstić information content (AvgIpc) is 2.54. The molecular weight excluding hydrogens is 359 g/mol. The molecule has 2 amide bonds. The predicted octanol–water partition coefficient (Wildman–Crippen LogP) is 2.07. The topological polar surface area (TPSA) is 61.4 Å². The lowest BCUT2D eigenvalue weighted by Gasteiger charge is -2.38. The molecule has 140 valence electrons. The lowest BCUT2D eigenvalue weighted by atomic mass is 10.1. The predicted molar refractivity (Wildman–Crippen MR) is 89.7 cm³/mol. The molecule has 25 heavy (non-hydrogen) atoms. The van der Waals surface area contributed by atoms with Gasteiger partial charge >= 0.3 is 6.18 Å². The van der Waals surface area contributed by atoms with E-state index in [1.165, 1.54) is 12.1 Å². The third-order valence-electron chi connectivity index (χ3n) is 4.23. The van der Waals surface area contributed by atoms with Gasteiger partial charge in [-0.25, -0.2) is 0 Å². The molecule has 1 heterocycles. The summed E-state index contributed by atoms with van der Waals surface area (Å²) in [6.07, 6.45) is -4.62. The molecular formula is C16H21ClF3N3O2. The smallest absolute Gasteiger partial charge is 0.343 e. The van der Waals surface area contributed by atoms with Crippen molar-refractivity contribution in [3.8, 4) is 0 Å². The third-order valence-corrected chi connectivity index (χ3v) is 4.23. The fourth-order valence-corrected chi connectivity index (χ4v) is 2.69. The number of alkyl halides is 3. The lowest BCUT2D eigenvalue weighted by molar-refractivity contribution is -0.138. The summed E-state index contributed by atoms with van der Waals surface area (Å²) in [5.74, 6) is -1.22. The second-order valence-electron chi connectivity index (χ2n) is 5.80. The first-order valence-electron chi connectivity index (χ1n) is 7.69. The van der Waals surface area contributed by atoms with Gasteiger partial charge in [-0.2, -0.15) is 13.2 Å². The first-order valence-corrected chi connectivity index (χ1v) is 7.69. The molecule has 1 aliphatic heterocycles. The molecule has 0 aliphatic carbocycles. The van der Waals surface area contributed by atoms with Crippen molar-refractivity contribution in [1.29, 1.82) is 0 Å². The van der Waals surface area contributed by atoms with Crippen molar-refractivity contribution in [3.05, 3.63) is 35.4 Å². The van der Waals surface area contributed by atoms with Crippen molar-refractivity contribution >= 4 is 24.2 Å². The van der Waals surface area contributed by atoms with Crippen molar-refractivity contribution in [2.45, 2.75) is 32.1 Å². The number of rotatable bonds is 3. The molecule has 2 N–H and O–H groups in total. The number of carbonyl (C=O) groups excluding carboxylic acids is 2. The van der Waals surface area contributed by atoms with Crippen LogP contribution in [0, 0.1) is 0 Å². The minimum Gasteiger partial charge on any atom is -0.343 e. The normalized spacial score (nSPS) is 20.6. The summed E-state index contributed by atoms with van der Waals surface area (Å²) in [7, 11) is 0. The van der Waals surface area contributed by atoms with Gasteiger partial charge in [0.05, 0.1) is 17.7 Å². The van der Waals surface area contributed by atoms with Crippen LogP contribution in [0.25, 0.3) is 0 Å². The number of benzene rings is 1. The molecule has 5 nitrogen and oxygen atoms in total. The first kappa shape index (κ1) is 21.2. The summed E-state index contributed by atoms with van der Waals surface area (Å²) < 4.78 is 38.8. The van der Waals surface area contributed by atoms with E-state index >= 15 is 0 Å². The minimum absolute atomic E-state index is 0.